The van der Waals surface area contributed by atoms with E-state index in [1.54, 1.807) is 11.6 Å². The predicted molar refractivity (Wildman–Crippen MR) is 133 cm³/mol. The Kier molecular flexibility index (Phi) is 4.26. The van der Waals surface area contributed by atoms with Crippen molar-refractivity contribution in [3.8, 4) is 16.9 Å². The van der Waals surface area contributed by atoms with E-state index in [2.05, 4.69) is 9.88 Å². The molecule has 170 valence electrons. The normalized spacial score (nSPS) is 14.6. The Morgan fingerprint density at radius 3 is 2.32 bits per heavy atom. The fourth-order valence-electron chi connectivity index (χ4n) is 5.05. The van der Waals surface area contributed by atoms with Gasteiger partial charge in [0.15, 0.2) is 0 Å². The molecular weight excluding hydrogens is 428 g/mol. The molecule has 0 fully saturated rings. The van der Waals surface area contributed by atoms with Crippen molar-refractivity contribution in [2.24, 2.45) is 14.1 Å². The molecule has 7 nitrogen and oxygen atoms in total. The minimum Gasteiger partial charge on any atom is -0.463 e. The molecule has 1 aliphatic rings. The average Bonchev–Trinajstić information content (AvgIpc) is 3.39. The molecule has 0 bridgehead atoms. The van der Waals surface area contributed by atoms with E-state index in [0.717, 1.165) is 45.4 Å². The van der Waals surface area contributed by atoms with Crippen LogP contribution in [0.25, 0.3) is 27.8 Å². The maximum Gasteiger partial charge on any atom is 0.331 e. The summed E-state index contributed by atoms with van der Waals surface area (Å²) >= 11 is 0. The van der Waals surface area contributed by atoms with Crippen LogP contribution in [0.4, 0.5) is 5.69 Å². The Morgan fingerprint density at radius 2 is 1.62 bits per heavy atom. The van der Waals surface area contributed by atoms with Gasteiger partial charge in [-0.05, 0) is 43.2 Å². The van der Waals surface area contributed by atoms with Crippen LogP contribution in [-0.2, 0) is 14.1 Å². The molecule has 6 rings (SSSR count). The van der Waals surface area contributed by atoms with Gasteiger partial charge >= 0.3 is 5.69 Å². The number of aryl methyl sites for hydroxylation is 3. The van der Waals surface area contributed by atoms with Gasteiger partial charge in [0, 0.05) is 14.1 Å². The van der Waals surface area contributed by atoms with Crippen molar-refractivity contribution in [3.63, 3.8) is 0 Å². The summed E-state index contributed by atoms with van der Waals surface area (Å²) in [6, 6.07) is 19.5. The zero-order chi connectivity index (χ0) is 23.7. The van der Waals surface area contributed by atoms with Gasteiger partial charge in [0.2, 0.25) is 0 Å². The molecule has 1 N–H and O–H groups in total. The van der Waals surface area contributed by atoms with Gasteiger partial charge in [-0.15, -0.1) is 0 Å². The van der Waals surface area contributed by atoms with E-state index in [9.17, 15) is 9.59 Å². The van der Waals surface area contributed by atoms with Crippen LogP contribution >= 0.6 is 0 Å². The highest BCUT2D eigenvalue weighted by Gasteiger charge is 2.36. The van der Waals surface area contributed by atoms with Gasteiger partial charge in [-0.25, -0.2) is 4.79 Å². The number of hydrogen-bond donors (Lipinski definition) is 1. The summed E-state index contributed by atoms with van der Waals surface area (Å²) in [5, 5.41) is 4.12. The van der Waals surface area contributed by atoms with Gasteiger partial charge < -0.3 is 14.3 Å². The first kappa shape index (κ1) is 20.4. The maximum absolute atomic E-state index is 13.6. The molecule has 0 amide bonds. The van der Waals surface area contributed by atoms with Crippen LogP contribution in [0.5, 0.6) is 0 Å². The van der Waals surface area contributed by atoms with E-state index in [4.69, 9.17) is 4.42 Å². The molecule has 3 aromatic heterocycles. The fraction of sp³-hybridized carbons (Fsp3) is 0.185. The van der Waals surface area contributed by atoms with E-state index in [-0.39, 0.29) is 17.3 Å². The number of fused-ring (bicyclic) bond motifs is 5. The minimum absolute atomic E-state index is 0.318. The average molecular weight is 453 g/mol. The summed E-state index contributed by atoms with van der Waals surface area (Å²) in [6.45, 7) is 3.95. The number of rotatable bonds is 2. The molecule has 4 heterocycles. The molecule has 0 spiro atoms. The molecular formula is C27H24N4O3. The number of aromatic nitrogens is 3. The Hall–Kier alpha value is -4.26. The summed E-state index contributed by atoms with van der Waals surface area (Å²) in [5.74, 6) is 1.57. The number of nitrogens with one attached hydrogen (secondary N) is 1. The van der Waals surface area contributed by atoms with Gasteiger partial charge in [-0.1, -0.05) is 42.5 Å². The van der Waals surface area contributed by atoms with Crippen LogP contribution in [0.2, 0.25) is 0 Å². The lowest BCUT2D eigenvalue weighted by atomic mass is 10.0. The lowest BCUT2D eigenvalue weighted by molar-refractivity contribution is 0.467. The van der Waals surface area contributed by atoms with E-state index >= 15 is 0 Å². The highest BCUT2D eigenvalue weighted by molar-refractivity contribution is 5.99. The Labute approximate surface area is 195 Å². The van der Waals surface area contributed by atoms with Crippen molar-refractivity contribution in [1.29, 1.82) is 0 Å². The molecule has 0 saturated heterocycles. The van der Waals surface area contributed by atoms with Gasteiger partial charge in [0.1, 0.15) is 17.6 Å². The molecule has 7 heteroatoms. The standard InChI is InChI=1S/C27H24N4O3/c1-15-14-20(34-16(15)2)22-25-24-21(26(32)30(4)27(33)29(24)3)23(17-10-6-5-7-11-17)31(25)19-13-9-8-12-18(19)28-22/h5-14,22,28H,1-4H3. The first-order chi connectivity index (χ1) is 16.4. The van der Waals surface area contributed by atoms with Crippen molar-refractivity contribution in [1.82, 2.24) is 13.7 Å². The second-order valence-corrected chi connectivity index (χ2v) is 8.85. The quantitative estimate of drug-likeness (QED) is 0.430. The predicted octanol–water partition coefficient (Wildman–Crippen LogP) is 4.42. The van der Waals surface area contributed by atoms with Crippen molar-refractivity contribution in [3.05, 3.63) is 104 Å². The Morgan fingerprint density at radius 1 is 0.912 bits per heavy atom. The Balaban J connectivity index is 1.87. The van der Waals surface area contributed by atoms with Crippen LogP contribution in [-0.4, -0.2) is 13.7 Å². The summed E-state index contributed by atoms with van der Waals surface area (Å²) in [5.41, 5.74) is 5.27. The summed E-state index contributed by atoms with van der Waals surface area (Å²) < 4.78 is 11.0. The van der Waals surface area contributed by atoms with Gasteiger partial charge in [0.25, 0.3) is 5.56 Å². The van der Waals surface area contributed by atoms with E-state index in [1.165, 1.54) is 11.6 Å². The lowest BCUT2D eigenvalue weighted by Crippen LogP contribution is -2.37. The molecule has 0 aliphatic carbocycles. The topological polar surface area (TPSA) is 74.1 Å². The molecule has 1 atom stereocenters. The van der Waals surface area contributed by atoms with Gasteiger partial charge in [-0.3, -0.25) is 13.9 Å². The van der Waals surface area contributed by atoms with Crippen LogP contribution in [0.1, 0.15) is 28.8 Å². The first-order valence-electron chi connectivity index (χ1n) is 11.2. The SMILES string of the molecule is Cc1cc(C2Nc3ccccc3-n3c(-c4ccccc4)c4c(=O)n(C)c(=O)n(C)c4c32)oc1C. The lowest BCUT2D eigenvalue weighted by Gasteiger charge is -2.29. The van der Waals surface area contributed by atoms with Gasteiger partial charge in [0.05, 0.1) is 33.7 Å². The molecule has 1 aliphatic heterocycles. The number of furan rings is 1. The largest absolute Gasteiger partial charge is 0.463 e. The highest BCUT2D eigenvalue weighted by atomic mass is 16.3. The number of para-hydroxylation sites is 2. The smallest absolute Gasteiger partial charge is 0.331 e. The minimum atomic E-state index is -0.389. The molecule has 1 unspecified atom stereocenters. The highest BCUT2D eigenvalue weighted by Crippen LogP contribution is 2.45. The number of hydrogen-bond acceptors (Lipinski definition) is 4. The zero-order valence-electron chi connectivity index (χ0n) is 19.4. The molecule has 34 heavy (non-hydrogen) atoms. The molecule has 0 saturated carbocycles. The zero-order valence-corrected chi connectivity index (χ0v) is 19.4. The van der Waals surface area contributed by atoms with Crippen molar-refractivity contribution in [2.75, 3.05) is 5.32 Å². The Bertz CT molecular complexity index is 1700. The van der Waals surface area contributed by atoms with E-state index < -0.39 is 0 Å². The monoisotopic (exact) mass is 452 g/mol. The van der Waals surface area contributed by atoms with E-state index in [1.807, 2.05) is 74.5 Å². The van der Waals surface area contributed by atoms with Crippen LogP contribution < -0.4 is 16.6 Å². The molecule has 0 radical (unpaired) electrons. The number of nitrogens with zero attached hydrogens (tertiary/aromatic N) is 3. The van der Waals surface area contributed by atoms with E-state index in [0.29, 0.717) is 10.9 Å². The van der Waals surface area contributed by atoms with Gasteiger partial charge in [-0.2, -0.15) is 0 Å². The fourth-order valence-corrected chi connectivity index (χ4v) is 5.05. The van der Waals surface area contributed by atoms with Crippen molar-refractivity contribution in [2.45, 2.75) is 19.9 Å². The summed E-state index contributed by atoms with van der Waals surface area (Å²) in [7, 11) is 3.24. The van der Waals surface area contributed by atoms with Crippen molar-refractivity contribution >= 4 is 16.6 Å². The van der Waals surface area contributed by atoms with Crippen molar-refractivity contribution < 1.29 is 4.42 Å². The second-order valence-electron chi connectivity index (χ2n) is 8.85. The number of anilines is 1. The third kappa shape index (κ3) is 2.64. The third-order valence-electron chi connectivity index (χ3n) is 6.84. The molecule has 5 aromatic rings. The van der Waals surface area contributed by atoms with Crippen LogP contribution in [0.3, 0.4) is 0 Å². The number of benzene rings is 2. The second kappa shape index (κ2) is 7.12. The third-order valence-corrected chi connectivity index (χ3v) is 6.84. The van der Waals surface area contributed by atoms with Crippen LogP contribution in [0, 0.1) is 13.8 Å². The maximum atomic E-state index is 13.6. The first-order valence-corrected chi connectivity index (χ1v) is 11.2. The summed E-state index contributed by atoms with van der Waals surface area (Å²) in [6.07, 6.45) is 0. The van der Waals surface area contributed by atoms with Crippen LogP contribution in [0.15, 0.2) is 74.7 Å². The summed E-state index contributed by atoms with van der Waals surface area (Å²) in [4.78, 5) is 26.7. The molecule has 2 aromatic carbocycles.